The summed E-state index contributed by atoms with van der Waals surface area (Å²) in [5.74, 6) is 0.478. The number of phenolic OH excluding ortho intramolecular Hbond substituents is 1. The highest BCUT2D eigenvalue weighted by Crippen LogP contribution is 2.25. The second-order valence-corrected chi connectivity index (χ2v) is 4.09. The summed E-state index contributed by atoms with van der Waals surface area (Å²) in [7, 11) is 0. The second-order valence-electron chi connectivity index (χ2n) is 4.09. The standard InChI is InChI=1S/C13H11N5O2/c14-12-13(18-20-17-12)16-15-7-10-9-4-2-1-3-8(9)5-6-11(10)19/h1-7,19H,(H2,14,17)(H,16,18). The van der Waals surface area contributed by atoms with Gasteiger partial charge in [0.2, 0.25) is 11.6 Å². The van der Waals surface area contributed by atoms with Crippen molar-refractivity contribution in [2.75, 3.05) is 11.2 Å². The largest absolute Gasteiger partial charge is 0.507 e. The van der Waals surface area contributed by atoms with Crippen LogP contribution >= 0.6 is 0 Å². The lowest BCUT2D eigenvalue weighted by Gasteiger charge is -2.04. The van der Waals surface area contributed by atoms with Gasteiger partial charge in [0.05, 0.1) is 6.21 Å². The molecule has 3 aromatic rings. The molecule has 2 aromatic carbocycles. The van der Waals surface area contributed by atoms with Crippen LogP contribution in [0.1, 0.15) is 5.56 Å². The molecule has 0 saturated heterocycles. The molecule has 0 atom stereocenters. The molecule has 100 valence electrons. The summed E-state index contributed by atoms with van der Waals surface area (Å²) in [5.41, 5.74) is 8.69. The van der Waals surface area contributed by atoms with Gasteiger partial charge in [0, 0.05) is 5.56 Å². The summed E-state index contributed by atoms with van der Waals surface area (Å²) in [6.07, 6.45) is 1.49. The Bertz CT molecular complexity index is 781. The van der Waals surface area contributed by atoms with Crippen molar-refractivity contribution in [3.63, 3.8) is 0 Å². The van der Waals surface area contributed by atoms with Gasteiger partial charge in [-0.25, -0.2) is 4.63 Å². The number of benzene rings is 2. The maximum absolute atomic E-state index is 9.93. The van der Waals surface area contributed by atoms with E-state index in [1.807, 2.05) is 30.3 Å². The minimum Gasteiger partial charge on any atom is -0.507 e. The number of hydrogen-bond acceptors (Lipinski definition) is 7. The molecular weight excluding hydrogens is 258 g/mol. The molecule has 0 aliphatic rings. The molecule has 0 spiro atoms. The minimum atomic E-state index is 0.115. The second kappa shape index (κ2) is 4.88. The van der Waals surface area contributed by atoms with Crippen molar-refractivity contribution in [3.05, 3.63) is 42.0 Å². The smallest absolute Gasteiger partial charge is 0.235 e. The van der Waals surface area contributed by atoms with Crippen molar-refractivity contribution in [1.82, 2.24) is 10.3 Å². The highest BCUT2D eigenvalue weighted by molar-refractivity contribution is 6.02. The number of nitrogen functional groups attached to an aromatic ring is 1. The zero-order chi connectivity index (χ0) is 13.9. The van der Waals surface area contributed by atoms with Crippen LogP contribution in [-0.2, 0) is 0 Å². The summed E-state index contributed by atoms with van der Waals surface area (Å²) >= 11 is 0. The van der Waals surface area contributed by atoms with Crippen molar-refractivity contribution < 1.29 is 9.74 Å². The number of hydrazone groups is 1. The first-order valence-electron chi connectivity index (χ1n) is 5.83. The molecular formula is C13H11N5O2. The first kappa shape index (κ1) is 12.0. The monoisotopic (exact) mass is 269 g/mol. The first-order chi connectivity index (χ1) is 9.75. The molecule has 7 heteroatoms. The molecule has 0 fully saturated rings. The van der Waals surface area contributed by atoms with Gasteiger partial charge in [0.15, 0.2) is 0 Å². The molecule has 0 aliphatic heterocycles. The number of aromatic nitrogens is 2. The average molecular weight is 269 g/mol. The third kappa shape index (κ3) is 2.12. The number of nitrogens with zero attached hydrogens (tertiary/aromatic N) is 3. The van der Waals surface area contributed by atoms with Crippen LogP contribution in [0.2, 0.25) is 0 Å². The number of fused-ring (bicyclic) bond motifs is 1. The number of phenols is 1. The SMILES string of the molecule is Nc1nonc1NN=Cc1c(O)ccc2ccccc12. The van der Waals surface area contributed by atoms with E-state index in [4.69, 9.17) is 5.73 Å². The molecule has 1 heterocycles. The van der Waals surface area contributed by atoms with Crippen LogP contribution in [0.25, 0.3) is 10.8 Å². The Balaban J connectivity index is 1.94. The van der Waals surface area contributed by atoms with Crippen molar-refractivity contribution in [2.24, 2.45) is 5.10 Å². The molecule has 0 unspecified atom stereocenters. The number of nitrogens with one attached hydrogen (secondary N) is 1. The lowest BCUT2D eigenvalue weighted by atomic mass is 10.0. The molecule has 20 heavy (non-hydrogen) atoms. The Morgan fingerprint density at radius 2 is 2.05 bits per heavy atom. The summed E-state index contributed by atoms with van der Waals surface area (Å²) in [5, 5.41) is 22.8. The van der Waals surface area contributed by atoms with E-state index in [1.54, 1.807) is 6.07 Å². The van der Waals surface area contributed by atoms with Crippen LogP contribution in [0.5, 0.6) is 5.75 Å². The summed E-state index contributed by atoms with van der Waals surface area (Å²) < 4.78 is 4.43. The normalized spacial score (nSPS) is 11.2. The number of anilines is 2. The lowest BCUT2D eigenvalue weighted by molar-refractivity contribution is 0.310. The Labute approximate surface area is 113 Å². The summed E-state index contributed by atoms with van der Waals surface area (Å²) in [6.45, 7) is 0. The van der Waals surface area contributed by atoms with E-state index in [0.29, 0.717) is 5.56 Å². The fourth-order valence-electron chi connectivity index (χ4n) is 1.85. The van der Waals surface area contributed by atoms with E-state index >= 15 is 0 Å². The van der Waals surface area contributed by atoms with E-state index in [9.17, 15) is 5.11 Å². The van der Waals surface area contributed by atoms with Crippen LogP contribution in [0.4, 0.5) is 11.6 Å². The predicted molar refractivity (Wildman–Crippen MR) is 75.5 cm³/mol. The van der Waals surface area contributed by atoms with E-state index in [0.717, 1.165) is 10.8 Å². The molecule has 7 nitrogen and oxygen atoms in total. The molecule has 0 aliphatic carbocycles. The molecule has 0 saturated carbocycles. The summed E-state index contributed by atoms with van der Waals surface area (Å²) in [6, 6.07) is 11.2. The average Bonchev–Trinajstić information content (AvgIpc) is 2.87. The molecule has 0 radical (unpaired) electrons. The number of hydrogen-bond donors (Lipinski definition) is 3. The van der Waals surface area contributed by atoms with Gasteiger partial charge in [-0.05, 0) is 27.2 Å². The first-order valence-corrected chi connectivity index (χ1v) is 5.83. The molecule has 0 bridgehead atoms. The predicted octanol–water partition coefficient (Wildman–Crippen LogP) is 1.96. The maximum Gasteiger partial charge on any atom is 0.235 e. The van der Waals surface area contributed by atoms with Crippen molar-refractivity contribution in [2.45, 2.75) is 0 Å². The number of nitrogens with two attached hydrogens (primary N) is 1. The fraction of sp³-hybridized carbons (Fsp3) is 0. The summed E-state index contributed by atoms with van der Waals surface area (Å²) in [4.78, 5) is 0. The molecule has 1 aromatic heterocycles. The van der Waals surface area contributed by atoms with Crippen molar-refractivity contribution in [3.8, 4) is 5.75 Å². The fourth-order valence-corrected chi connectivity index (χ4v) is 1.85. The van der Waals surface area contributed by atoms with Crippen molar-refractivity contribution in [1.29, 1.82) is 0 Å². The Morgan fingerprint density at radius 1 is 1.20 bits per heavy atom. The maximum atomic E-state index is 9.93. The third-order valence-electron chi connectivity index (χ3n) is 2.83. The minimum absolute atomic E-state index is 0.115. The number of rotatable bonds is 3. The van der Waals surface area contributed by atoms with Gasteiger partial charge in [0.25, 0.3) is 0 Å². The topological polar surface area (TPSA) is 110 Å². The van der Waals surface area contributed by atoms with Gasteiger partial charge < -0.3 is 10.8 Å². The highest BCUT2D eigenvalue weighted by Gasteiger charge is 2.05. The van der Waals surface area contributed by atoms with Gasteiger partial charge in [-0.1, -0.05) is 30.3 Å². The van der Waals surface area contributed by atoms with Crippen LogP contribution in [0, 0.1) is 0 Å². The van der Waals surface area contributed by atoms with Gasteiger partial charge in [-0.2, -0.15) is 5.10 Å². The zero-order valence-electron chi connectivity index (χ0n) is 10.3. The Kier molecular flexibility index (Phi) is 2.92. The Hall–Kier alpha value is -3.09. The van der Waals surface area contributed by atoms with Crippen LogP contribution in [0.3, 0.4) is 0 Å². The van der Waals surface area contributed by atoms with E-state index in [-0.39, 0.29) is 17.4 Å². The van der Waals surface area contributed by atoms with Gasteiger partial charge in [-0.15, -0.1) is 0 Å². The van der Waals surface area contributed by atoms with Crippen molar-refractivity contribution >= 4 is 28.6 Å². The quantitative estimate of drug-likeness (QED) is 0.495. The van der Waals surface area contributed by atoms with Crippen LogP contribution in [0.15, 0.2) is 46.1 Å². The highest BCUT2D eigenvalue weighted by atomic mass is 16.6. The van der Waals surface area contributed by atoms with E-state index in [1.165, 1.54) is 6.21 Å². The van der Waals surface area contributed by atoms with Gasteiger partial charge >= 0.3 is 0 Å². The van der Waals surface area contributed by atoms with E-state index in [2.05, 4.69) is 25.5 Å². The van der Waals surface area contributed by atoms with Crippen LogP contribution in [-0.4, -0.2) is 21.6 Å². The van der Waals surface area contributed by atoms with Gasteiger partial charge in [0.1, 0.15) is 5.75 Å². The third-order valence-corrected chi connectivity index (χ3v) is 2.83. The van der Waals surface area contributed by atoms with E-state index < -0.39 is 0 Å². The number of aromatic hydroxyl groups is 1. The Morgan fingerprint density at radius 3 is 2.85 bits per heavy atom. The molecule has 3 rings (SSSR count). The lowest BCUT2D eigenvalue weighted by Crippen LogP contribution is -1.96. The van der Waals surface area contributed by atoms with Crippen LogP contribution < -0.4 is 11.2 Å². The molecule has 0 amide bonds. The van der Waals surface area contributed by atoms with Gasteiger partial charge in [-0.3, -0.25) is 5.43 Å². The zero-order valence-corrected chi connectivity index (χ0v) is 10.3. The molecule has 4 N–H and O–H groups in total.